The molecule has 1 aliphatic carbocycles. The summed E-state index contributed by atoms with van der Waals surface area (Å²) in [5, 5.41) is 3.60. The minimum absolute atomic E-state index is 0.328. The Bertz CT molecular complexity index is 981. The molecular weight excluding hydrogens is 372 g/mol. The number of carbonyl (C=O) groups excluding carboxylic acids is 1. The highest BCUT2D eigenvalue weighted by molar-refractivity contribution is 6.03. The zero-order valence-corrected chi connectivity index (χ0v) is 17.4. The van der Waals surface area contributed by atoms with Crippen LogP contribution in [-0.4, -0.2) is 23.6 Å². The van der Waals surface area contributed by atoms with Crippen molar-refractivity contribution in [2.75, 3.05) is 11.9 Å². The predicted molar refractivity (Wildman–Crippen MR) is 122 cm³/mol. The first-order chi connectivity index (χ1) is 14.8. The van der Waals surface area contributed by atoms with Gasteiger partial charge in [-0.05, 0) is 31.4 Å². The van der Waals surface area contributed by atoms with Crippen molar-refractivity contribution in [1.82, 2.24) is 4.98 Å². The van der Waals surface area contributed by atoms with Crippen LogP contribution in [0.3, 0.4) is 0 Å². The van der Waals surface area contributed by atoms with E-state index in [9.17, 15) is 4.79 Å². The average Bonchev–Trinajstić information content (AvgIpc) is 2.80. The van der Waals surface area contributed by atoms with Crippen molar-refractivity contribution in [3.05, 3.63) is 72.3 Å². The van der Waals surface area contributed by atoms with Gasteiger partial charge in [-0.25, -0.2) is 9.78 Å². The zero-order valence-electron chi connectivity index (χ0n) is 17.4. The lowest BCUT2D eigenvalue weighted by Crippen LogP contribution is -2.25. The van der Waals surface area contributed by atoms with Crippen LogP contribution in [0, 0.1) is 0 Å². The molecule has 1 aromatic heterocycles. The third kappa shape index (κ3) is 4.54. The molecule has 4 rings (SSSR count). The minimum atomic E-state index is -0.332. The Morgan fingerprint density at radius 2 is 1.60 bits per heavy atom. The number of hydrogen-bond donors (Lipinski definition) is 1. The van der Waals surface area contributed by atoms with Crippen molar-refractivity contribution in [3.8, 4) is 22.4 Å². The molecule has 1 fully saturated rings. The number of aromatic nitrogens is 1. The van der Waals surface area contributed by atoms with Crippen LogP contribution < -0.4 is 5.32 Å². The summed E-state index contributed by atoms with van der Waals surface area (Å²) in [7, 11) is 0. The molecule has 0 unspecified atom stereocenters. The summed E-state index contributed by atoms with van der Waals surface area (Å²) in [6, 6.07) is 22.4. The van der Waals surface area contributed by atoms with E-state index in [1.54, 1.807) is 0 Å². The van der Waals surface area contributed by atoms with Crippen LogP contribution in [-0.2, 0) is 4.74 Å². The first-order valence-corrected chi connectivity index (χ1v) is 10.9. The minimum Gasteiger partial charge on any atom is -0.462 e. The van der Waals surface area contributed by atoms with Gasteiger partial charge in [0.1, 0.15) is 11.4 Å². The number of nitrogens with one attached hydrogen (secondary N) is 1. The Hall–Kier alpha value is -3.14. The molecule has 4 heteroatoms. The van der Waals surface area contributed by atoms with Crippen molar-refractivity contribution in [3.63, 3.8) is 0 Å². The molecule has 30 heavy (non-hydrogen) atoms. The van der Waals surface area contributed by atoms with Gasteiger partial charge in [0.05, 0.1) is 12.3 Å². The lowest BCUT2D eigenvalue weighted by atomic mass is 9.94. The van der Waals surface area contributed by atoms with Gasteiger partial charge in [-0.3, -0.25) is 0 Å². The smallest absolute Gasteiger partial charge is 0.342 e. The van der Waals surface area contributed by atoms with E-state index in [-0.39, 0.29) is 5.97 Å². The molecule has 2 aromatic carbocycles. The number of nitrogens with zero attached hydrogens (tertiary/aromatic N) is 1. The normalized spacial score (nSPS) is 14.3. The second-order valence-electron chi connectivity index (χ2n) is 7.71. The van der Waals surface area contributed by atoms with Crippen LogP contribution in [0.15, 0.2) is 66.7 Å². The lowest BCUT2D eigenvalue weighted by molar-refractivity contribution is 0.0528. The van der Waals surface area contributed by atoms with Crippen molar-refractivity contribution < 1.29 is 9.53 Å². The van der Waals surface area contributed by atoms with E-state index in [0.29, 0.717) is 24.0 Å². The van der Waals surface area contributed by atoms with Crippen molar-refractivity contribution in [2.45, 2.75) is 45.1 Å². The number of hydrogen-bond acceptors (Lipinski definition) is 4. The Labute approximate surface area is 178 Å². The van der Waals surface area contributed by atoms with Crippen LogP contribution in [0.25, 0.3) is 22.4 Å². The van der Waals surface area contributed by atoms with Crippen LogP contribution in [0.1, 0.15) is 49.4 Å². The van der Waals surface area contributed by atoms with Gasteiger partial charge in [0.2, 0.25) is 0 Å². The maximum atomic E-state index is 13.0. The molecule has 1 heterocycles. The van der Waals surface area contributed by atoms with Crippen LogP contribution in [0.4, 0.5) is 5.82 Å². The Morgan fingerprint density at radius 1 is 0.967 bits per heavy atom. The predicted octanol–water partition coefficient (Wildman–Crippen LogP) is 6.34. The second kappa shape index (κ2) is 9.57. The van der Waals surface area contributed by atoms with E-state index in [0.717, 1.165) is 35.2 Å². The number of benzene rings is 2. The van der Waals surface area contributed by atoms with E-state index in [1.165, 1.54) is 19.3 Å². The van der Waals surface area contributed by atoms with Gasteiger partial charge in [0, 0.05) is 17.2 Å². The van der Waals surface area contributed by atoms with Gasteiger partial charge >= 0.3 is 5.97 Å². The first-order valence-electron chi connectivity index (χ1n) is 10.9. The molecule has 0 spiro atoms. The van der Waals surface area contributed by atoms with Crippen molar-refractivity contribution >= 4 is 11.8 Å². The van der Waals surface area contributed by atoms with Crippen molar-refractivity contribution in [2.24, 2.45) is 0 Å². The average molecular weight is 401 g/mol. The number of ether oxygens (including phenoxy) is 1. The zero-order chi connectivity index (χ0) is 20.8. The van der Waals surface area contributed by atoms with Gasteiger partial charge in [0.15, 0.2) is 0 Å². The molecule has 0 aliphatic heterocycles. The van der Waals surface area contributed by atoms with Crippen LogP contribution >= 0.6 is 0 Å². The van der Waals surface area contributed by atoms with Crippen LogP contribution in [0.5, 0.6) is 0 Å². The molecule has 154 valence electrons. The molecular formula is C26H28N2O2. The summed E-state index contributed by atoms with van der Waals surface area (Å²) in [5.74, 6) is 0.294. The Balaban J connectivity index is 1.88. The van der Waals surface area contributed by atoms with E-state index in [2.05, 4.69) is 5.32 Å². The quantitative estimate of drug-likeness (QED) is 0.491. The van der Waals surface area contributed by atoms with Crippen LogP contribution in [0.2, 0.25) is 0 Å². The van der Waals surface area contributed by atoms with E-state index >= 15 is 0 Å². The van der Waals surface area contributed by atoms with Gasteiger partial charge in [-0.15, -0.1) is 0 Å². The fourth-order valence-electron chi connectivity index (χ4n) is 4.10. The molecule has 0 bridgehead atoms. The fraction of sp³-hybridized carbons (Fsp3) is 0.308. The highest BCUT2D eigenvalue weighted by Gasteiger charge is 2.24. The van der Waals surface area contributed by atoms with Gasteiger partial charge < -0.3 is 10.1 Å². The Kier molecular flexibility index (Phi) is 6.43. The third-order valence-corrected chi connectivity index (χ3v) is 5.60. The highest BCUT2D eigenvalue weighted by atomic mass is 16.5. The van der Waals surface area contributed by atoms with Gasteiger partial charge in [0.25, 0.3) is 0 Å². The molecule has 0 saturated heterocycles. The molecule has 1 saturated carbocycles. The lowest BCUT2D eigenvalue weighted by Gasteiger charge is -2.25. The number of anilines is 1. The monoisotopic (exact) mass is 400 g/mol. The summed E-state index contributed by atoms with van der Waals surface area (Å²) in [6.45, 7) is 2.16. The van der Waals surface area contributed by atoms with E-state index in [1.807, 2.05) is 73.7 Å². The summed E-state index contributed by atoms with van der Waals surface area (Å²) < 4.78 is 5.45. The third-order valence-electron chi connectivity index (χ3n) is 5.60. The first kappa shape index (κ1) is 20.1. The molecule has 3 aromatic rings. The largest absolute Gasteiger partial charge is 0.462 e. The summed E-state index contributed by atoms with van der Waals surface area (Å²) >= 11 is 0. The van der Waals surface area contributed by atoms with Gasteiger partial charge in [-0.1, -0.05) is 79.9 Å². The molecule has 0 atom stereocenters. The topological polar surface area (TPSA) is 51.2 Å². The second-order valence-corrected chi connectivity index (χ2v) is 7.71. The Morgan fingerprint density at radius 3 is 2.23 bits per heavy atom. The molecule has 0 amide bonds. The maximum Gasteiger partial charge on any atom is 0.342 e. The number of carbonyl (C=O) groups is 1. The molecule has 0 radical (unpaired) electrons. The number of rotatable bonds is 6. The van der Waals surface area contributed by atoms with Crippen molar-refractivity contribution in [1.29, 1.82) is 0 Å². The highest BCUT2D eigenvalue weighted by Crippen LogP contribution is 2.34. The SMILES string of the molecule is CCOC(=O)c1c(-c2ccccc2)cc(-c2ccccc2)nc1NC1CCCCC1. The molecule has 1 N–H and O–H groups in total. The van der Waals surface area contributed by atoms with E-state index in [4.69, 9.17) is 9.72 Å². The molecule has 1 aliphatic rings. The number of esters is 1. The molecule has 4 nitrogen and oxygen atoms in total. The van der Waals surface area contributed by atoms with Gasteiger partial charge in [-0.2, -0.15) is 0 Å². The fourth-order valence-corrected chi connectivity index (χ4v) is 4.10. The number of pyridine rings is 1. The summed E-state index contributed by atoms with van der Waals surface area (Å²) in [4.78, 5) is 18.0. The summed E-state index contributed by atoms with van der Waals surface area (Å²) in [5.41, 5.74) is 4.22. The van der Waals surface area contributed by atoms with E-state index < -0.39 is 0 Å². The maximum absolute atomic E-state index is 13.0. The summed E-state index contributed by atoms with van der Waals surface area (Å²) in [6.07, 6.45) is 5.88. The standard InChI is InChI=1S/C26H28N2O2/c1-2-30-26(29)24-22(19-12-6-3-7-13-19)18-23(20-14-8-4-9-15-20)28-25(24)27-21-16-10-5-11-17-21/h3-4,6-9,12-15,18,21H,2,5,10-11,16-17H2,1H3,(H,27,28).